The van der Waals surface area contributed by atoms with Crippen molar-refractivity contribution >= 4 is 0 Å². The summed E-state index contributed by atoms with van der Waals surface area (Å²) in [6.07, 6.45) is 8.82. The van der Waals surface area contributed by atoms with Crippen LogP contribution < -0.4 is 4.74 Å². The van der Waals surface area contributed by atoms with E-state index < -0.39 is 0 Å². The average Bonchev–Trinajstić information content (AvgIpc) is 2.82. The summed E-state index contributed by atoms with van der Waals surface area (Å²) in [7, 11) is 2.25. The SMILES string of the molecule is CN1C2CCC1(COc1cccnc1)CC2. The monoisotopic (exact) mass is 218 g/mol. The maximum Gasteiger partial charge on any atom is 0.137 e. The molecule has 0 unspecified atom stereocenters. The Hall–Kier alpha value is -1.09. The highest BCUT2D eigenvalue weighted by molar-refractivity contribution is 5.16. The first-order chi connectivity index (χ1) is 7.80. The first kappa shape index (κ1) is 10.1. The molecule has 0 aliphatic carbocycles. The molecule has 1 aromatic heterocycles. The summed E-state index contributed by atoms with van der Waals surface area (Å²) in [6, 6.07) is 4.70. The molecule has 0 radical (unpaired) electrons. The van der Waals surface area contributed by atoms with Gasteiger partial charge in [0.05, 0.1) is 11.7 Å². The van der Waals surface area contributed by atoms with E-state index >= 15 is 0 Å². The Morgan fingerprint density at radius 1 is 1.50 bits per heavy atom. The van der Waals surface area contributed by atoms with E-state index in [2.05, 4.69) is 16.9 Å². The number of nitrogens with zero attached hydrogens (tertiary/aromatic N) is 2. The van der Waals surface area contributed by atoms with Gasteiger partial charge in [0.2, 0.25) is 0 Å². The van der Waals surface area contributed by atoms with Gasteiger partial charge in [0.1, 0.15) is 12.4 Å². The number of aromatic nitrogens is 1. The number of hydrogen-bond acceptors (Lipinski definition) is 3. The number of pyridine rings is 1. The van der Waals surface area contributed by atoms with Gasteiger partial charge >= 0.3 is 0 Å². The largest absolute Gasteiger partial charge is 0.490 e. The fourth-order valence-corrected chi connectivity index (χ4v) is 3.16. The highest BCUT2D eigenvalue weighted by atomic mass is 16.5. The van der Waals surface area contributed by atoms with E-state index in [1.807, 2.05) is 12.1 Å². The Bertz CT molecular complexity index is 357. The fourth-order valence-electron chi connectivity index (χ4n) is 3.16. The van der Waals surface area contributed by atoms with Crippen LogP contribution in [0.2, 0.25) is 0 Å². The van der Waals surface area contributed by atoms with Gasteiger partial charge in [0, 0.05) is 12.2 Å². The molecule has 2 aliphatic rings. The Labute approximate surface area is 96.4 Å². The second-order valence-electron chi connectivity index (χ2n) is 5.04. The Morgan fingerprint density at radius 2 is 2.31 bits per heavy atom. The predicted molar refractivity (Wildman–Crippen MR) is 62.5 cm³/mol. The van der Waals surface area contributed by atoms with Crippen LogP contribution in [-0.2, 0) is 0 Å². The molecule has 2 aliphatic heterocycles. The van der Waals surface area contributed by atoms with Crippen molar-refractivity contribution in [3.8, 4) is 5.75 Å². The Kier molecular flexibility index (Phi) is 2.36. The normalized spacial score (nSPS) is 33.2. The molecule has 0 N–H and O–H groups in total. The summed E-state index contributed by atoms with van der Waals surface area (Å²) >= 11 is 0. The predicted octanol–water partition coefficient (Wildman–Crippen LogP) is 2.09. The van der Waals surface area contributed by atoms with Gasteiger partial charge in [-0.25, -0.2) is 0 Å². The van der Waals surface area contributed by atoms with E-state index in [9.17, 15) is 0 Å². The molecule has 3 rings (SSSR count). The average molecular weight is 218 g/mol. The van der Waals surface area contributed by atoms with Crippen molar-refractivity contribution in [3.63, 3.8) is 0 Å². The van der Waals surface area contributed by atoms with E-state index in [-0.39, 0.29) is 0 Å². The molecule has 2 saturated heterocycles. The van der Waals surface area contributed by atoms with Crippen LogP contribution in [0.25, 0.3) is 0 Å². The van der Waals surface area contributed by atoms with E-state index in [4.69, 9.17) is 4.74 Å². The molecule has 0 aromatic carbocycles. The molecular formula is C13H18N2O. The lowest BCUT2D eigenvalue weighted by Crippen LogP contribution is -2.43. The van der Waals surface area contributed by atoms with Crippen molar-refractivity contribution in [3.05, 3.63) is 24.5 Å². The van der Waals surface area contributed by atoms with Crippen LogP contribution in [-0.4, -0.2) is 35.1 Å². The highest BCUT2D eigenvalue weighted by Crippen LogP contribution is 2.45. The first-order valence-electron chi connectivity index (χ1n) is 6.06. The van der Waals surface area contributed by atoms with E-state index in [1.54, 1.807) is 12.4 Å². The molecule has 0 atom stereocenters. The van der Waals surface area contributed by atoms with Gasteiger partial charge in [-0.3, -0.25) is 9.88 Å². The summed E-state index contributed by atoms with van der Waals surface area (Å²) in [6.45, 7) is 0.811. The van der Waals surface area contributed by atoms with Crippen molar-refractivity contribution in [2.75, 3.05) is 13.7 Å². The van der Waals surface area contributed by atoms with Crippen molar-refractivity contribution in [2.24, 2.45) is 0 Å². The molecule has 0 spiro atoms. The second kappa shape index (κ2) is 3.74. The maximum atomic E-state index is 5.88. The third-order valence-corrected chi connectivity index (χ3v) is 4.32. The number of rotatable bonds is 3. The number of ether oxygens (including phenoxy) is 1. The topological polar surface area (TPSA) is 25.4 Å². The van der Waals surface area contributed by atoms with Crippen molar-refractivity contribution in [1.82, 2.24) is 9.88 Å². The number of hydrogen-bond donors (Lipinski definition) is 0. The van der Waals surface area contributed by atoms with Gasteiger partial charge in [-0.1, -0.05) is 0 Å². The molecule has 16 heavy (non-hydrogen) atoms. The third-order valence-electron chi connectivity index (χ3n) is 4.32. The highest BCUT2D eigenvalue weighted by Gasteiger charge is 2.49. The van der Waals surface area contributed by atoms with Crippen LogP contribution >= 0.6 is 0 Å². The summed E-state index contributed by atoms with van der Waals surface area (Å²) in [5.74, 6) is 0.889. The third kappa shape index (κ3) is 1.50. The summed E-state index contributed by atoms with van der Waals surface area (Å²) < 4.78 is 5.88. The van der Waals surface area contributed by atoms with Gasteiger partial charge in [0.25, 0.3) is 0 Å². The minimum absolute atomic E-state index is 0.306. The quantitative estimate of drug-likeness (QED) is 0.776. The Balaban J connectivity index is 1.67. The lowest BCUT2D eigenvalue weighted by atomic mass is 9.88. The van der Waals surface area contributed by atoms with E-state index in [1.165, 1.54) is 25.7 Å². The summed E-state index contributed by atoms with van der Waals surface area (Å²) in [4.78, 5) is 6.60. The zero-order valence-corrected chi connectivity index (χ0v) is 9.72. The van der Waals surface area contributed by atoms with Crippen LogP contribution in [0.3, 0.4) is 0 Å². The minimum atomic E-state index is 0.306. The standard InChI is InChI=1S/C13H18N2O/c1-15-11-4-6-13(15,7-5-11)10-16-12-3-2-8-14-9-12/h2-3,8-9,11H,4-7,10H2,1H3. The molecule has 86 valence electrons. The zero-order valence-electron chi connectivity index (χ0n) is 9.72. The molecular weight excluding hydrogens is 200 g/mol. The van der Waals surface area contributed by atoms with Gasteiger partial charge < -0.3 is 4.74 Å². The molecule has 2 fully saturated rings. The van der Waals surface area contributed by atoms with Gasteiger partial charge in [0.15, 0.2) is 0 Å². The molecule has 1 aromatic rings. The van der Waals surface area contributed by atoms with Crippen LogP contribution in [0.15, 0.2) is 24.5 Å². The molecule has 0 saturated carbocycles. The molecule has 3 heteroatoms. The van der Waals surface area contributed by atoms with Crippen molar-refractivity contribution in [2.45, 2.75) is 37.3 Å². The molecule has 3 nitrogen and oxygen atoms in total. The summed E-state index contributed by atoms with van der Waals surface area (Å²) in [5, 5.41) is 0. The zero-order chi connectivity index (χ0) is 11.0. The van der Waals surface area contributed by atoms with Gasteiger partial charge in [-0.15, -0.1) is 0 Å². The van der Waals surface area contributed by atoms with Crippen LogP contribution in [0.4, 0.5) is 0 Å². The first-order valence-corrected chi connectivity index (χ1v) is 6.06. The fraction of sp³-hybridized carbons (Fsp3) is 0.615. The van der Waals surface area contributed by atoms with Crippen LogP contribution in [0.5, 0.6) is 5.75 Å². The van der Waals surface area contributed by atoms with Crippen molar-refractivity contribution in [1.29, 1.82) is 0 Å². The van der Waals surface area contributed by atoms with E-state index in [0.29, 0.717) is 5.54 Å². The Morgan fingerprint density at radius 3 is 2.88 bits per heavy atom. The van der Waals surface area contributed by atoms with Gasteiger partial charge in [-0.05, 0) is 44.9 Å². The summed E-state index contributed by atoms with van der Waals surface area (Å²) in [5.41, 5.74) is 0.306. The smallest absolute Gasteiger partial charge is 0.137 e. The van der Waals surface area contributed by atoms with E-state index in [0.717, 1.165) is 18.4 Å². The van der Waals surface area contributed by atoms with Crippen molar-refractivity contribution < 1.29 is 4.74 Å². The van der Waals surface area contributed by atoms with Crippen LogP contribution in [0, 0.1) is 0 Å². The maximum absolute atomic E-state index is 5.88. The second-order valence-corrected chi connectivity index (χ2v) is 5.04. The lowest BCUT2D eigenvalue weighted by Gasteiger charge is -2.31. The van der Waals surface area contributed by atoms with Gasteiger partial charge in [-0.2, -0.15) is 0 Å². The number of likely N-dealkylation sites (N-methyl/N-ethyl adjacent to an activating group) is 1. The van der Waals surface area contributed by atoms with Crippen LogP contribution in [0.1, 0.15) is 25.7 Å². The lowest BCUT2D eigenvalue weighted by molar-refractivity contribution is 0.113. The minimum Gasteiger partial charge on any atom is -0.490 e. The molecule has 2 bridgehead atoms. The number of fused-ring (bicyclic) bond motifs is 2. The molecule has 3 heterocycles. The molecule has 0 amide bonds.